The van der Waals surface area contributed by atoms with Crippen molar-refractivity contribution in [3.63, 3.8) is 0 Å². The van der Waals surface area contributed by atoms with Crippen LogP contribution in [0.3, 0.4) is 0 Å². The number of aromatic amines is 1. The smallest absolute Gasteiger partial charge is 0.383 e. The van der Waals surface area contributed by atoms with E-state index in [-0.39, 0.29) is 11.4 Å². The third-order valence-electron chi connectivity index (χ3n) is 1.81. The summed E-state index contributed by atoms with van der Waals surface area (Å²) in [5, 5.41) is 0. The normalized spacial score (nSPS) is 9.86. The maximum atomic E-state index is 11.7. The standard InChI is InChI=1S/C8H9FN2O3/c1-2-4-3-5(12)11-7(10)6(4)8(13)14-9/h3H,2H2,1H3,(H3,10,11,12). The minimum Gasteiger partial charge on any atom is -0.384 e. The van der Waals surface area contributed by atoms with Crippen molar-refractivity contribution in [2.45, 2.75) is 13.3 Å². The Hall–Kier alpha value is -1.85. The molecule has 0 spiro atoms. The first-order chi connectivity index (χ1) is 6.60. The molecule has 3 N–H and O–H groups in total. The number of aryl methyl sites for hydroxylation is 1. The van der Waals surface area contributed by atoms with E-state index < -0.39 is 11.5 Å². The number of aromatic nitrogens is 1. The molecule has 1 rings (SSSR count). The van der Waals surface area contributed by atoms with E-state index in [9.17, 15) is 14.1 Å². The van der Waals surface area contributed by atoms with E-state index in [0.29, 0.717) is 12.0 Å². The molecule has 1 aromatic rings. The van der Waals surface area contributed by atoms with Gasteiger partial charge in [0, 0.05) is 10.6 Å². The van der Waals surface area contributed by atoms with Crippen LogP contribution < -0.4 is 11.3 Å². The van der Waals surface area contributed by atoms with E-state index in [1.807, 2.05) is 0 Å². The van der Waals surface area contributed by atoms with Crippen molar-refractivity contribution >= 4 is 11.8 Å². The topological polar surface area (TPSA) is 85.2 Å². The van der Waals surface area contributed by atoms with Crippen LogP contribution in [0.4, 0.5) is 10.3 Å². The average Bonchev–Trinajstić information content (AvgIpc) is 2.15. The summed E-state index contributed by atoms with van der Waals surface area (Å²) in [6.45, 7) is 1.71. The second-order valence-corrected chi connectivity index (χ2v) is 2.67. The summed E-state index contributed by atoms with van der Waals surface area (Å²) in [4.78, 5) is 27.1. The van der Waals surface area contributed by atoms with Crippen LogP contribution in [0.15, 0.2) is 10.9 Å². The predicted molar refractivity (Wildman–Crippen MR) is 47.4 cm³/mol. The molecule has 0 radical (unpaired) electrons. The van der Waals surface area contributed by atoms with Crippen LogP contribution in [0.2, 0.25) is 0 Å². The van der Waals surface area contributed by atoms with Gasteiger partial charge in [0.2, 0.25) is 5.56 Å². The molecular weight excluding hydrogens is 191 g/mol. The number of H-pyrrole nitrogens is 1. The number of nitrogens with one attached hydrogen (secondary N) is 1. The summed E-state index contributed by atoms with van der Waals surface area (Å²) in [6.07, 6.45) is 0.387. The van der Waals surface area contributed by atoms with E-state index in [4.69, 9.17) is 5.73 Å². The third kappa shape index (κ3) is 1.73. The lowest BCUT2D eigenvalue weighted by atomic mass is 10.1. The fourth-order valence-electron chi connectivity index (χ4n) is 1.19. The summed E-state index contributed by atoms with van der Waals surface area (Å²) in [6, 6.07) is 1.18. The van der Waals surface area contributed by atoms with Crippen LogP contribution in [0.25, 0.3) is 0 Å². The molecule has 0 bridgehead atoms. The fraction of sp³-hybridized carbons (Fsp3) is 0.250. The van der Waals surface area contributed by atoms with Gasteiger partial charge in [-0.3, -0.25) is 4.79 Å². The third-order valence-corrected chi connectivity index (χ3v) is 1.81. The Balaban J connectivity index is 3.39. The Kier molecular flexibility index (Phi) is 2.85. The quantitative estimate of drug-likeness (QED) is 0.730. The second-order valence-electron chi connectivity index (χ2n) is 2.67. The van der Waals surface area contributed by atoms with Gasteiger partial charge in [-0.1, -0.05) is 6.92 Å². The van der Waals surface area contributed by atoms with Gasteiger partial charge in [0.1, 0.15) is 11.4 Å². The van der Waals surface area contributed by atoms with Crippen LogP contribution in [-0.4, -0.2) is 11.0 Å². The van der Waals surface area contributed by atoms with E-state index in [0.717, 1.165) is 0 Å². The molecule has 76 valence electrons. The van der Waals surface area contributed by atoms with Crippen molar-refractivity contribution in [1.29, 1.82) is 0 Å². The summed E-state index contributed by atoms with van der Waals surface area (Å²) >= 11 is 0. The summed E-state index contributed by atoms with van der Waals surface area (Å²) in [5.74, 6) is -1.38. The molecule has 0 aliphatic carbocycles. The highest BCUT2D eigenvalue weighted by molar-refractivity contribution is 5.95. The predicted octanol–water partition coefficient (Wildman–Crippen LogP) is 0.561. The summed E-state index contributed by atoms with van der Waals surface area (Å²) in [5.41, 5.74) is 5.14. The van der Waals surface area contributed by atoms with Crippen molar-refractivity contribution in [3.8, 4) is 0 Å². The zero-order valence-corrected chi connectivity index (χ0v) is 7.46. The Bertz CT molecular complexity index is 414. The van der Waals surface area contributed by atoms with Crippen molar-refractivity contribution in [2.24, 2.45) is 0 Å². The van der Waals surface area contributed by atoms with Crippen LogP contribution in [0.5, 0.6) is 0 Å². The molecule has 14 heavy (non-hydrogen) atoms. The molecule has 0 aromatic carbocycles. The van der Waals surface area contributed by atoms with Crippen molar-refractivity contribution in [1.82, 2.24) is 4.98 Å². The zero-order valence-electron chi connectivity index (χ0n) is 7.46. The molecule has 1 heterocycles. The number of nitrogens with two attached hydrogens (primary N) is 1. The number of hydrogen-bond donors (Lipinski definition) is 2. The minimum atomic E-state index is -1.20. The number of anilines is 1. The number of carbonyl (C=O) groups excluding carboxylic acids is 1. The van der Waals surface area contributed by atoms with Gasteiger partial charge < -0.3 is 10.7 Å². The van der Waals surface area contributed by atoms with E-state index in [1.54, 1.807) is 6.92 Å². The van der Waals surface area contributed by atoms with Gasteiger partial charge in [0.15, 0.2) is 0 Å². The second kappa shape index (κ2) is 3.91. The van der Waals surface area contributed by atoms with Crippen LogP contribution in [0, 0.1) is 0 Å². The molecule has 0 unspecified atom stereocenters. The maximum absolute atomic E-state index is 11.7. The Morgan fingerprint density at radius 1 is 1.71 bits per heavy atom. The van der Waals surface area contributed by atoms with Crippen LogP contribution in [-0.2, 0) is 11.4 Å². The van der Waals surface area contributed by atoms with Gasteiger partial charge in [0.05, 0.1) is 0 Å². The van der Waals surface area contributed by atoms with Crippen molar-refractivity contribution in [2.75, 3.05) is 5.73 Å². The van der Waals surface area contributed by atoms with Gasteiger partial charge in [-0.25, -0.2) is 9.74 Å². The van der Waals surface area contributed by atoms with E-state index >= 15 is 0 Å². The maximum Gasteiger partial charge on any atom is 0.383 e. The molecule has 1 aromatic heterocycles. The molecule has 0 atom stereocenters. The summed E-state index contributed by atoms with van der Waals surface area (Å²) < 4.78 is 11.7. The molecule has 0 saturated heterocycles. The molecule has 0 fully saturated rings. The number of hydrogen-bond acceptors (Lipinski definition) is 4. The van der Waals surface area contributed by atoms with Gasteiger partial charge >= 0.3 is 5.97 Å². The molecule has 0 saturated carbocycles. The molecule has 0 aliphatic rings. The van der Waals surface area contributed by atoms with Gasteiger partial charge in [0.25, 0.3) is 0 Å². The highest BCUT2D eigenvalue weighted by Crippen LogP contribution is 2.14. The fourth-order valence-corrected chi connectivity index (χ4v) is 1.19. The lowest BCUT2D eigenvalue weighted by Crippen LogP contribution is -2.16. The van der Waals surface area contributed by atoms with Crippen molar-refractivity contribution < 1.29 is 14.3 Å². The summed E-state index contributed by atoms with van der Waals surface area (Å²) in [7, 11) is 0. The number of carbonyl (C=O) groups is 1. The molecule has 0 amide bonds. The molecule has 0 aliphatic heterocycles. The lowest BCUT2D eigenvalue weighted by Gasteiger charge is -2.05. The zero-order chi connectivity index (χ0) is 10.7. The molecule has 6 heteroatoms. The Labute approximate surface area is 78.6 Å². The van der Waals surface area contributed by atoms with Gasteiger partial charge in [-0.2, -0.15) is 0 Å². The molecule has 5 nitrogen and oxygen atoms in total. The highest BCUT2D eigenvalue weighted by Gasteiger charge is 2.17. The minimum absolute atomic E-state index is 0.130. The number of rotatable bonds is 2. The van der Waals surface area contributed by atoms with E-state index in [1.165, 1.54) is 6.07 Å². The highest BCUT2D eigenvalue weighted by atomic mass is 19.3. The van der Waals surface area contributed by atoms with Gasteiger partial charge in [-0.05, 0) is 12.0 Å². The number of halogens is 1. The Morgan fingerprint density at radius 3 is 2.86 bits per heavy atom. The largest absolute Gasteiger partial charge is 0.384 e. The molecular formula is C8H9FN2O3. The Morgan fingerprint density at radius 2 is 2.36 bits per heavy atom. The van der Waals surface area contributed by atoms with E-state index in [2.05, 4.69) is 9.93 Å². The first-order valence-electron chi connectivity index (χ1n) is 3.94. The average molecular weight is 200 g/mol. The SMILES string of the molecule is CCc1cc(=O)[nH]c(N)c1C(=O)OF. The number of pyridine rings is 1. The lowest BCUT2D eigenvalue weighted by molar-refractivity contribution is -0.0788. The van der Waals surface area contributed by atoms with Crippen LogP contribution >= 0.6 is 0 Å². The van der Waals surface area contributed by atoms with Crippen molar-refractivity contribution in [3.05, 3.63) is 27.5 Å². The monoisotopic (exact) mass is 200 g/mol. The van der Waals surface area contributed by atoms with Crippen LogP contribution in [0.1, 0.15) is 22.8 Å². The number of nitrogen functional groups attached to an aromatic ring is 1. The van der Waals surface area contributed by atoms with Gasteiger partial charge in [-0.15, -0.1) is 0 Å². The first kappa shape index (κ1) is 10.2. The first-order valence-corrected chi connectivity index (χ1v) is 3.94.